The minimum absolute atomic E-state index is 0.0585. The summed E-state index contributed by atoms with van der Waals surface area (Å²) in [6.45, 7) is 4.94. The van der Waals surface area contributed by atoms with Crippen LogP contribution in [0.1, 0.15) is 26.3 Å². The van der Waals surface area contributed by atoms with Crippen molar-refractivity contribution in [2.45, 2.75) is 38.3 Å². The summed E-state index contributed by atoms with van der Waals surface area (Å²) in [5.41, 5.74) is 0.460. The number of anilines is 1. The first-order valence-electron chi connectivity index (χ1n) is 12.8. The number of nitrogens with zero attached hydrogens (tertiary/aromatic N) is 2. The lowest BCUT2D eigenvalue weighted by Gasteiger charge is -2.32. The molecule has 0 aliphatic heterocycles. The van der Waals surface area contributed by atoms with Crippen molar-refractivity contribution in [3.63, 3.8) is 0 Å². The number of rotatable bonds is 12. The summed E-state index contributed by atoms with van der Waals surface area (Å²) in [4.78, 5) is 28.1. The number of ether oxygens (including phenoxy) is 1. The van der Waals surface area contributed by atoms with Crippen molar-refractivity contribution in [2.75, 3.05) is 24.5 Å². The maximum atomic E-state index is 13.9. The SMILES string of the molecule is COc1ccc(S(=O)(=O)N(CC(=O)N(Cc2c(Cl)cccc2Cl)[C@H](C)C(=O)NCC(C)C)c2ccc(F)cc2)cc1. The maximum absolute atomic E-state index is 13.9. The maximum Gasteiger partial charge on any atom is 0.264 e. The van der Waals surface area contributed by atoms with Crippen molar-refractivity contribution < 1.29 is 27.1 Å². The van der Waals surface area contributed by atoms with E-state index >= 15 is 0 Å². The van der Waals surface area contributed by atoms with Crippen LogP contribution in [-0.2, 0) is 26.2 Å². The van der Waals surface area contributed by atoms with E-state index < -0.39 is 40.2 Å². The Kier molecular flexibility index (Phi) is 11.0. The lowest BCUT2D eigenvalue weighted by atomic mass is 10.1. The van der Waals surface area contributed by atoms with E-state index in [-0.39, 0.29) is 33.1 Å². The molecule has 0 heterocycles. The molecule has 12 heteroatoms. The van der Waals surface area contributed by atoms with Gasteiger partial charge in [0.1, 0.15) is 24.2 Å². The molecule has 0 aliphatic carbocycles. The summed E-state index contributed by atoms with van der Waals surface area (Å²) in [6, 6.07) is 14.2. The Morgan fingerprint density at radius 3 is 2.07 bits per heavy atom. The van der Waals surface area contributed by atoms with Crippen LogP contribution in [-0.4, -0.2) is 51.4 Å². The van der Waals surface area contributed by atoms with E-state index in [4.69, 9.17) is 27.9 Å². The molecule has 3 aromatic carbocycles. The van der Waals surface area contributed by atoms with Crippen molar-refractivity contribution in [2.24, 2.45) is 5.92 Å². The molecule has 0 aliphatic rings. The van der Waals surface area contributed by atoms with Crippen molar-refractivity contribution in [1.82, 2.24) is 10.2 Å². The topological polar surface area (TPSA) is 96.0 Å². The molecule has 2 amide bonds. The van der Waals surface area contributed by atoms with Gasteiger partial charge in [0.25, 0.3) is 10.0 Å². The zero-order valence-corrected chi connectivity index (χ0v) is 25.4. The second kappa shape index (κ2) is 14.0. The third-order valence-corrected chi connectivity index (χ3v) is 8.78. The predicted molar refractivity (Wildman–Crippen MR) is 158 cm³/mol. The molecule has 1 N–H and O–H groups in total. The molecule has 0 spiro atoms. The van der Waals surface area contributed by atoms with Gasteiger partial charge >= 0.3 is 0 Å². The first-order valence-corrected chi connectivity index (χ1v) is 15.0. The van der Waals surface area contributed by atoms with Gasteiger partial charge in [0, 0.05) is 28.7 Å². The van der Waals surface area contributed by atoms with E-state index in [0.29, 0.717) is 17.9 Å². The molecule has 0 radical (unpaired) electrons. The second-order valence-corrected chi connectivity index (χ2v) is 12.4. The second-order valence-electron chi connectivity index (χ2n) is 9.70. The van der Waals surface area contributed by atoms with Crippen LogP contribution in [0.3, 0.4) is 0 Å². The number of carbonyl (C=O) groups excluding carboxylic acids is 2. The molecule has 3 rings (SSSR count). The fourth-order valence-electron chi connectivity index (χ4n) is 3.90. The van der Waals surface area contributed by atoms with Gasteiger partial charge in [-0.05, 0) is 73.5 Å². The zero-order chi connectivity index (χ0) is 30.3. The van der Waals surface area contributed by atoms with E-state index in [1.807, 2.05) is 13.8 Å². The predicted octanol–water partition coefficient (Wildman–Crippen LogP) is 5.53. The summed E-state index contributed by atoms with van der Waals surface area (Å²) < 4.78 is 47.4. The third kappa shape index (κ3) is 8.12. The van der Waals surface area contributed by atoms with E-state index in [2.05, 4.69) is 5.32 Å². The van der Waals surface area contributed by atoms with Gasteiger partial charge in [-0.25, -0.2) is 12.8 Å². The van der Waals surface area contributed by atoms with E-state index in [1.165, 1.54) is 48.4 Å². The third-order valence-electron chi connectivity index (χ3n) is 6.28. The van der Waals surface area contributed by atoms with Crippen LogP contribution in [0.4, 0.5) is 10.1 Å². The first-order chi connectivity index (χ1) is 19.3. The number of nitrogens with one attached hydrogen (secondary N) is 1. The van der Waals surface area contributed by atoms with Crippen molar-refractivity contribution in [3.05, 3.63) is 88.2 Å². The Morgan fingerprint density at radius 2 is 1.54 bits per heavy atom. The zero-order valence-electron chi connectivity index (χ0n) is 23.1. The molecule has 1 atom stereocenters. The Balaban J connectivity index is 2.05. The molecule has 41 heavy (non-hydrogen) atoms. The highest BCUT2D eigenvalue weighted by Gasteiger charge is 2.33. The van der Waals surface area contributed by atoms with Crippen LogP contribution >= 0.6 is 23.2 Å². The van der Waals surface area contributed by atoms with Gasteiger partial charge in [0.15, 0.2) is 0 Å². The number of amides is 2. The summed E-state index contributed by atoms with van der Waals surface area (Å²) in [7, 11) is -2.87. The molecule has 0 saturated carbocycles. The smallest absolute Gasteiger partial charge is 0.264 e. The molecular formula is C29H32Cl2FN3O5S. The average Bonchev–Trinajstić information content (AvgIpc) is 2.94. The molecule has 8 nitrogen and oxygen atoms in total. The normalized spacial score (nSPS) is 12.1. The van der Waals surface area contributed by atoms with E-state index in [9.17, 15) is 22.4 Å². The summed E-state index contributed by atoms with van der Waals surface area (Å²) in [6.07, 6.45) is 0. The van der Waals surface area contributed by atoms with Crippen molar-refractivity contribution in [3.8, 4) is 5.75 Å². The number of sulfonamides is 1. The minimum Gasteiger partial charge on any atom is -0.497 e. The highest BCUT2D eigenvalue weighted by Crippen LogP contribution is 2.29. The van der Waals surface area contributed by atoms with Gasteiger partial charge in [-0.2, -0.15) is 0 Å². The molecule has 0 aromatic heterocycles. The molecule has 0 saturated heterocycles. The van der Waals surface area contributed by atoms with Crippen LogP contribution < -0.4 is 14.4 Å². The average molecular weight is 625 g/mol. The van der Waals surface area contributed by atoms with Crippen LogP contribution in [0.15, 0.2) is 71.6 Å². The number of hydrogen-bond donors (Lipinski definition) is 1. The van der Waals surface area contributed by atoms with Crippen LogP contribution in [0.25, 0.3) is 0 Å². The van der Waals surface area contributed by atoms with Gasteiger partial charge < -0.3 is 15.0 Å². The number of hydrogen-bond acceptors (Lipinski definition) is 5. The minimum atomic E-state index is -4.32. The molecular weight excluding hydrogens is 592 g/mol. The van der Waals surface area contributed by atoms with Gasteiger partial charge in [-0.1, -0.05) is 43.1 Å². The molecule has 0 bridgehead atoms. The number of halogens is 3. The van der Waals surface area contributed by atoms with Gasteiger partial charge in [-0.15, -0.1) is 0 Å². The monoisotopic (exact) mass is 623 g/mol. The van der Waals surface area contributed by atoms with Gasteiger partial charge in [0.2, 0.25) is 11.8 Å². The molecule has 220 valence electrons. The standard InChI is InChI=1S/C29H32Cl2FN3O5S/c1-19(2)16-33-29(37)20(3)34(17-25-26(30)6-5-7-27(25)31)28(36)18-35(22-10-8-21(32)9-11-22)41(38,39)24-14-12-23(40-4)13-15-24/h5-15,19-20H,16-18H2,1-4H3,(H,33,37)/t20-/m1/s1. The van der Waals surface area contributed by atoms with E-state index in [1.54, 1.807) is 25.1 Å². The highest BCUT2D eigenvalue weighted by atomic mass is 35.5. The Bertz CT molecular complexity index is 1450. The Morgan fingerprint density at radius 1 is 0.951 bits per heavy atom. The fraction of sp³-hybridized carbons (Fsp3) is 0.310. The lowest BCUT2D eigenvalue weighted by molar-refractivity contribution is -0.139. The van der Waals surface area contributed by atoms with Crippen LogP contribution in [0.5, 0.6) is 5.75 Å². The number of carbonyl (C=O) groups is 2. The van der Waals surface area contributed by atoms with E-state index in [0.717, 1.165) is 16.4 Å². The quantitative estimate of drug-likeness (QED) is 0.286. The fourth-order valence-corrected chi connectivity index (χ4v) is 5.83. The Labute approximate surface area is 250 Å². The first kappa shape index (κ1) is 32.2. The molecule has 3 aromatic rings. The largest absolute Gasteiger partial charge is 0.497 e. The van der Waals surface area contributed by atoms with Crippen molar-refractivity contribution >= 4 is 50.7 Å². The summed E-state index contributed by atoms with van der Waals surface area (Å²) >= 11 is 12.8. The molecule has 0 unspecified atom stereocenters. The van der Waals surface area contributed by atoms with Gasteiger partial charge in [-0.3, -0.25) is 13.9 Å². The molecule has 0 fully saturated rings. The summed E-state index contributed by atoms with van der Waals surface area (Å²) in [5, 5.41) is 3.37. The van der Waals surface area contributed by atoms with Crippen LogP contribution in [0.2, 0.25) is 10.0 Å². The van der Waals surface area contributed by atoms with Gasteiger partial charge in [0.05, 0.1) is 17.7 Å². The number of methoxy groups -OCH3 is 1. The Hall–Kier alpha value is -3.34. The van der Waals surface area contributed by atoms with Crippen molar-refractivity contribution in [1.29, 1.82) is 0 Å². The highest BCUT2D eigenvalue weighted by molar-refractivity contribution is 7.92. The lowest BCUT2D eigenvalue weighted by Crippen LogP contribution is -2.51. The number of benzene rings is 3. The summed E-state index contributed by atoms with van der Waals surface area (Å²) in [5.74, 6) is -1.10. The van der Waals surface area contributed by atoms with Crippen LogP contribution in [0, 0.1) is 11.7 Å².